The van der Waals surface area contributed by atoms with Gasteiger partial charge in [-0.3, -0.25) is 0 Å². The normalized spacial score (nSPS) is 34.3. The van der Waals surface area contributed by atoms with Crippen LogP contribution in [0.1, 0.15) is 25.7 Å². The topological polar surface area (TPSA) is 60.4 Å². The molecule has 0 aromatic carbocycles. The number of aliphatic hydroxyl groups excluding tert-OH is 1. The third kappa shape index (κ3) is 1.41. The van der Waals surface area contributed by atoms with Crippen molar-refractivity contribution in [2.45, 2.75) is 37.6 Å². The maximum atomic E-state index is 10.8. The van der Waals surface area contributed by atoms with E-state index in [1.807, 2.05) is 0 Å². The molecule has 1 fully saturated rings. The lowest BCUT2D eigenvalue weighted by atomic mass is 9.92. The number of rotatable bonds is 0. The molecule has 2 N–H and O–H groups in total. The van der Waals surface area contributed by atoms with Crippen LogP contribution >= 0.6 is 0 Å². The van der Waals surface area contributed by atoms with E-state index in [2.05, 4.69) is 0 Å². The van der Waals surface area contributed by atoms with Crippen molar-refractivity contribution in [3.63, 3.8) is 0 Å². The highest BCUT2D eigenvalue weighted by Gasteiger charge is 2.37. The Hall–Kier alpha value is -0.120. The Kier molecular flexibility index (Phi) is 1.75. The van der Waals surface area contributed by atoms with Crippen LogP contribution in [-0.4, -0.2) is 22.1 Å². The Balaban J connectivity index is 2.49. The average molecular weight is 131 g/mol. The Labute approximate surface area is 53.9 Å². The molecule has 0 saturated heterocycles. The molecule has 3 nitrogen and oxygen atoms in total. The van der Waals surface area contributed by atoms with Crippen LogP contribution in [0.25, 0.3) is 0 Å². The number of hydrogen-bond acceptors (Lipinski definition) is 2. The van der Waals surface area contributed by atoms with E-state index >= 15 is 0 Å². The SMILES string of the molecule is [O]C1(O)CCCCC1O. The third-order valence-electron chi connectivity index (χ3n) is 1.78. The first-order chi connectivity index (χ1) is 4.13. The largest absolute Gasteiger partial charge is 0.387 e. The molecule has 1 aliphatic carbocycles. The van der Waals surface area contributed by atoms with Crippen molar-refractivity contribution in [2.75, 3.05) is 0 Å². The molecule has 3 heteroatoms. The zero-order valence-electron chi connectivity index (χ0n) is 5.21. The first-order valence-corrected chi connectivity index (χ1v) is 3.24. The van der Waals surface area contributed by atoms with Gasteiger partial charge >= 0.3 is 0 Å². The van der Waals surface area contributed by atoms with Crippen LogP contribution in [0.2, 0.25) is 0 Å². The Morgan fingerprint density at radius 2 is 2.11 bits per heavy atom. The van der Waals surface area contributed by atoms with Gasteiger partial charge in [0.2, 0.25) is 5.79 Å². The predicted octanol–water partition coefficient (Wildman–Crippen LogP) is 0.0404. The van der Waals surface area contributed by atoms with E-state index in [4.69, 9.17) is 10.2 Å². The number of aliphatic hydroxyl groups is 2. The summed E-state index contributed by atoms with van der Waals surface area (Å²) in [5, 5.41) is 28.5. The van der Waals surface area contributed by atoms with Crippen LogP contribution in [0.5, 0.6) is 0 Å². The van der Waals surface area contributed by atoms with Gasteiger partial charge in [0, 0.05) is 6.42 Å². The van der Waals surface area contributed by atoms with E-state index in [1.165, 1.54) is 0 Å². The summed E-state index contributed by atoms with van der Waals surface area (Å²) >= 11 is 0. The van der Waals surface area contributed by atoms with Crippen molar-refractivity contribution in [3.8, 4) is 0 Å². The Morgan fingerprint density at radius 1 is 1.44 bits per heavy atom. The van der Waals surface area contributed by atoms with E-state index in [-0.39, 0.29) is 6.42 Å². The van der Waals surface area contributed by atoms with Crippen molar-refractivity contribution in [1.82, 2.24) is 0 Å². The molecule has 1 aliphatic rings. The molecule has 0 heterocycles. The Bertz CT molecular complexity index is 100. The van der Waals surface area contributed by atoms with Gasteiger partial charge in [-0.05, 0) is 12.8 Å². The van der Waals surface area contributed by atoms with E-state index in [0.29, 0.717) is 6.42 Å². The molecule has 2 unspecified atom stereocenters. The summed E-state index contributed by atoms with van der Waals surface area (Å²) < 4.78 is 0. The molecule has 2 atom stereocenters. The molecule has 0 bridgehead atoms. The van der Waals surface area contributed by atoms with Gasteiger partial charge in [-0.15, -0.1) is 0 Å². The summed E-state index contributed by atoms with van der Waals surface area (Å²) in [6, 6.07) is 0. The van der Waals surface area contributed by atoms with E-state index < -0.39 is 11.9 Å². The van der Waals surface area contributed by atoms with Crippen LogP contribution in [0.4, 0.5) is 0 Å². The van der Waals surface area contributed by atoms with Crippen molar-refractivity contribution in [3.05, 3.63) is 0 Å². The van der Waals surface area contributed by atoms with Gasteiger partial charge < -0.3 is 10.2 Å². The molecule has 0 spiro atoms. The van der Waals surface area contributed by atoms with Crippen molar-refractivity contribution < 1.29 is 15.3 Å². The summed E-state index contributed by atoms with van der Waals surface area (Å²) in [4.78, 5) is 0. The van der Waals surface area contributed by atoms with Gasteiger partial charge in [-0.2, -0.15) is 5.11 Å². The smallest absolute Gasteiger partial charge is 0.225 e. The fourth-order valence-corrected chi connectivity index (χ4v) is 1.11. The molecule has 1 radical (unpaired) electrons. The summed E-state index contributed by atoms with van der Waals surface area (Å²) in [6.07, 6.45) is 1.17. The first kappa shape index (κ1) is 6.99. The average Bonchev–Trinajstić information content (AvgIpc) is 1.77. The quantitative estimate of drug-likeness (QED) is 0.456. The second-order valence-corrected chi connectivity index (χ2v) is 2.61. The minimum Gasteiger partial charge on any atom is -0.387 e. The standard InChI is InChI=1S/C6H11O3/c7-5-3-1-2-4-6(5,8)9/h5,7-8H,1-4H2. The van der Waals surface area contributed by atoms with Crippen molar-refractivity contribution in [1.29, 1.82) is 0 Å². The molecule has 0 aliphatic heterocycles. The molecular formula is C6H11O3. The maximum absolute atomic E-state index is 10.8. The molecule has 0 amide bonds. The Morgan fingerprint density at radius 3 is 2.44 bits per heavy atom. The molecular weight excluding hydrogens is 120 g/mol. The lowest BCUT2D eigenvalue weighted by molar-refractivity contribution is -0.274. The molecule has 0 aromatic rings. The first-order valence-electron chi connectivity index (χ1n) is 3.24. The maximum Gasteiger partial charge on any atom is 0.225 e. The highest BCUT2D eigenvalue weighted by atomic mass is 16.5. The van der Waals surface area contributed by atoms with Gasteiger partial charge in [-0.1, -0.05) is 6.42 Å². The molecule has 1 saturated carbocycles. The highest BCUT2D eigenvalue weighted by molar-refractivity contribution is 4.79. The lowest BCUT2D eigenvalue weighted by Gasteiger charge is -2.29. The second-order valence-electron chi connectivity index (χ2n) is 2.61. The van der Waals surface area contributed by atoms with Gasteiger partial charge in [0.05, 0.1) is 0 Å². The molecule has 9 heavy (non-hydrogen) atoms. The second kappa shape index (κ2) is 2.25. The minimum absolute atomic E-state index is 0.189. The van der Waals surface area contributed by atoms with Gasteiger partial charge in [0.25, 0.3) is 0 Å². The fraction of sp³-hybridized carbons (Fsp3) is 1.00. The van der Waals surface area contributed by atoms with Crippen molar-refractivity contribution >= 4 is 0 Å². The van der Waals surface area contributed by atoms with E-state index in [1.54, 1.807) is 0 Å². The van der Waals surface area contributed by atoms with E-state index in [9.17, 15) is 5.11 Å². The highest BCUT2D eigenvalue weighted by Crippen LogP contribution is 2.26. The van der Waals surface area contributed by atoms with Crippen molar-refractivity contribution in [2.24, 2.45) is 0 Å². The molecule has 0 aromatic heterocycles. The van der Waals surface area contributed by atoms with Crippen LogP contribution in [-0.2, 0) is 5.11 Å². The summed E-state index contributed by atoms with van der Waals surface area (Å²) in [5.41, 5.74) is 0. The molecule has 53 valence electrons. The van der Waals surface area contributed by atoms with Crippen LogP contribution in [0.15, 0.2) is 0 Å². The fourth-order valence-electron chi connectivity index (χ4n) is 1.11. The van der Waals surface area contributed by atoms with Crippen LogP contribution in [0.3, 0.4) is 0 Å². The number of hydrogen-bond donors (Lipinski definition) is 2. The lowest BCUT2D eigenvalue weighted by Crippen LogP contribution is -2.43. The summed E-state index contributed by atoms with van der Waals surface area (Å²) in [7, 11) is 0. The predicted molar refractivity (Wildman–Crippen MR) is 30.1 cm³/mol. The molecule has 1 rings (SSSR count). The van der Waals surface area contributed by atoms with Crippen LogP contribution < -0.4 is 0 Å². The zero-order chi connectivity index (χ0) is 6.91. The minimum atomic E-state index is -2.06. The van der Waals surface area contributed by atoms with Crippen LogP contribution in [0, 0.1) is 0 Å². The van der Waals surface area contributed by atoms with E-state index in [0.717, 1.165) is 12.8 Å². The van der Waals surface area contributed by atoms with Gasteiger partial charge in [0.15, 0.2) is 0 Å². The summed E-state index contributed by atoms with van der Waals surface area (Å²) in [5.74, 6) is -2.06. The summed E-state index contributed by atoms with van der Waals surface area (Å²) in [6.45, 7) is 0. The monoisotopic (exact) mass is 131 g/mol. The zero-order valence-corrected chi connectivity index (χ0v) is 5.21. The van der Waals surface area contributed by atoms with Gasteiger partial charge in [0.1, 0.15) is 6.10 Å². The third-order valence-corrected chi connectivity index (χ3v) is 1.78. The van der Waals surface area contributed by atoms with Gasteiger partial charge in [-0.25, -0.2) is 0 Å².